The number of nitrogens with one attached hydrogen (secondary N) is 1. The second-order valence-electron chi connectivity index (χ2n) is 7.30. The van der Waals surface area contributed by atoms with Crippen LogP contribution < -0.4 is 5.32 Å². The van der Waals surface area contributed by atoms with Crippen LogP contribution in [0.15, 0.2) is 29.4 Å². The highest BCUT2D eigenvalue weighted by molar-refractivity contribution is 6.30. The number of carbonyl (C=O) groups excluding carboxylic acids is 2. The van der Waals surface area contributed by atoms with Gasteiger partial charge in [-0.1, -0.05) is 28.9 Å². The highest BCUT2D eigenvalue weighted by atomic mass is 35.5. The van der Waals surface area contributed by atoms with Crippen molar-refractivity contribution < 1.29 is 23.9 Å². The fourth-order valence-electron chi connectivity index (χ4n) is 2.64. The number of carbonyl (C=O) groups is 2. The van der Waals surface area contributed by atoms with E-state index in [2.05, 4.69) is 10.5 Å². The first-order chi connectivity index (χ1) is 12.6. The van der Waals surface area contributed by atoms with Crippen LogP contribution in [0.1, 0.15) is 39.7 Å². The minimum atomic E-state index is -1.27. The van der Waals surface area contributed by atoms with E-state index in [1.807, 2.05) is 6.07 Å². The smallest absolute Gasteiger partial charge is 0.407 e. The summed E-state index contributed by atoms with van der Waals surface area (Å²) in [7, 11) is 0. The van der Waals surface area contributed by atoms with Gasteiger partial charge in [-0.3, -0.25) is 0 Å². The Bertz CT molecular complexity index is 729. The fourth-order valence-corrected chi connectivity index (χ4v) is 2.86. The Kier molecular flexibility index (Phi) is 6.70. The van der Waals surface area contributed by atoms with Crippen LogP contribution in [0, 0.1) is 0 Å². The summed E-state index contributed by atoms with van der Waals surface area (Å²) < 4.78 is 10.4. The zero-order valence-corrected chi connectivity index (χ0v) is 16.8. The summed E-state index contributed by atoms with van der Waals surface area (Å²) in [5.41, 5.74) is -0.520. The van der Waals surface area contributed by atoms with Crippen molar-refractivity contribution in [1.29, 1.82) is 0 Å². The molecule has 0 radical (unpaired) electrons. The Morgan fingerprint density at radius 1 is 1.37 bits per heavy atom. The second kappa shape index (κ2) is 8.61. The van der Waals surface area contributed by atoms with E-state index in [1.54, 1.807) is 45.9 Å². The van der Waals surface area contributed by atoms with Crippen LogP contribution in [-0.2, 0) is 25.5 Å². The molecular weight excluding hydrogens is 372 g/mol. The average molecular weight is 397 g/mol. The van der Waals surface area contributed by atoms with Crippen LogP contribution in [-0.4, -0.2) is 42.1 Å². The molecule has 7 nitrogen and oxygen atoms in total. The van der Waals surface area contributed by atoms with Crippen LogP contribution in [0.5, 0.6) is 0 Å². The SMILES string of the molecule is CCOC(=O)C1(Cc2cccc(Cl)c2)CC(CNC(=O)OC(C)(C)C)=NO1. The summed E-state index contributed by atoms with van der Waals surface area (Å²) in [5, 5.41) is 7.18. The Morgan fingerprint density at radius 3 is 2.74 bits per heavy atom. The third kappa shape index (κ3) is 6.13. The van der Waals surface area contributed by atoms with Gasteiger partial charge in [0.25, 0.3) is 0 Å². The van der Waals surface area contributed by atoms with Crippen LogP contribution in [0.3, 0.4) is 0 Å². The number of rotatable bonds is 6. The molecule has 27 heavy (non-hydrogen) atoms. The van der Waals surface area contributed by atoms with Gasteiger partial charge in [0.15, 0.2) is 0 Å². The molecule has 1 aromatic carbocycles. The van der Waals surface area contributed by atoms with Gasteiger partial charge in [0.2, 0.25) is 5.60 Å². The van der Waals surface area contributed by atoms with Crippen molar-refractivity contribution in [1.82, 2.24) is 5.32 Å². The molecule has 0 spiro atoms. The van der Waals surface area contributed by atoms with Gasteiger partial charge in [0.1, 0.15) is 5.60 Å². The standard InChI is InChI=1S/C19H25ClN2O5/c1-5-25-16(23)19(10-13-7-6-8-14(20)9-13)11-15(22-27-19)12-21-17(24)26-18(2,3)4/h6-9H,5,10-12H2,1-4H3,(H,21,24). The first kappa shape index (κ1) is 21.0. The molecule has 0 fully saturated rings. The molecule has 0 saturated heterocycles. The molecule has 2 rings (SSSR count). The highest BCUT2D eigenvalue weighted by Crippen LogP contribution is 2.30. The molecule has 0 aliphatic carbocycles. The van der Waals surface area contributed by atoms with Gasteiger partial charge in [-0.25, -0.2) is 9.59 Å². The lowest BCUT2D eigenvalue weighted by Crippen LogP contribution is -2.44. The minimum absolute atomic E-state index is 0.117. The Hall–Kier alpha value is -2.28. The number of benzene rings is 1. The summed E-state index contributed by atoms with van der Waals surface area (Å²) >= 11 is 6.04. The molecule has 1 atom stereocenters. The highest BCUT2D eigenvalue weighted by Gasteiger charge is 2.48. The molecule has 1 amide bonds. The summed E-state index contributed by atoms with van der Waals surface area (Å²) in [6.07, 6.45) is -0.103. The van der Waals surface area contributed by atoms with Crippen molar-refractivity contribution in [2.24, 2.45) is 5.16 Å². The van der Waals surface area contributed by atoms with E-state index in [-0.39, 0.29) is 26.0 Å². The van der Waals surface area contributed by atoms with E-state index >= 15 is 0 Å². The topological polar surface area (TPSA) is 86.2 Å². The maximum atomic E-state index is 12.6. The summed E-state index contributed by atoms with van der Waals surface area (Å²) in [6.45, 7) is 7.40. The predicted octanol–water partition coefficient (Wildman–Crippen LogP) is 3.49. The van der Waals surface area contributed by atoms with Gasteiger partial charge < -0.3 is 19.6 Å². The minimum Gasteiger partial charge on any atom is -0.463 e. The van der Waals surface area contributed by atoms with Gasteiger partial charge in [-0.15, -0.1) is 0 Å². The zero-order chi connectivity index (χ0) is 20.1. The van der Waals surface area contributed by atoms with Gasteiger partial charge >= 0.3 is 12.1 Å². The molecule has 0 bridgehead atoms. The molecule has 1 aliphatic rings. The third-order valence-electron chi connectivity index (χ3n) is 3.70. The summed E-state index contributed by atoms with van der Waals surface area (Å²) in [5.74, 6) is -0.499. The average Bonchev–Trinajstić information content (AvgIpc) is 2.96. The number of hydrogen-bond donors (Lipinski definition) is 1. The number of halogens is 1. The Balaban J connectivity index is 2.05. The van der Waals surface area contributed by atoms with Crippen molar-refractivity contribution in [3.63, 3.8) is 0 Å². The number of nitrogens with zero attached hydrogens (tertiary/aromatic N) is 1. The van der Waals surface area contributed by atoms with Crippen molar-refractivity contribution in [2.75, 3.05) is 13.2 Å². The lowest BCUT2D eigenvalue weighted by molar-refractivity contribution is -0.168. The van der Waals surface area contributed by atoms with Crippen molar-refractivity contribution >= 4 is 29.4 Å². The van der Waals surface area contributed by atoms with Crippen molar-refractivity contribution in [2.45, 2.75) is 51.7 Å². The number of esters is 1. The predicted molar refractivity (Wildman–Crippen MR) is 102 cm³/mol. The maximum Gasteiger partial charge on any atom is 0.407 e. The zero-order valence-electron chi connectivity index (χ0n) is 16.0. The Morgan fingerprint density at radius 2 is 2.11 bits per heavy atom. The second-order valence-corrected chi connectivity index (χ2v) is 7.74. The third-order valence-corrected chi connectivity index (χ3v) is 3.94. The van der Waals surface area contributed by atoms with Gasteiger partial charge in [0, 0.05) is 17.9 Å². The van der Waals surface area contributed by atoms with Crippen LogP contribution >= 0.6 is 11.6 Å². The normalized spacial score (nSPS) is 19.1. The summed E-state index contributed by atoms with van der Waals surface area (Å²) in [4.78, 5) is 29.9. The Labute approximate surface area is 164 Å². The van der Waals surface area contributed by atoms with E-state index in [4.69, 9.17) is 25.9 Å². The number of amides is 1. The maximum absolute atomic E-state index is 12.6. The molecule has 1 unspecified atom stereocenters. The van der Waals surface area contributed by atoms with Crippen molar-refractivity contribution in [3.8, 4) is 0 Å². The van der Waals surface area contributed by atoms with E-state index in [0.717, 1.165) is 5.56 Å². The van der Waals surface area contributed by atoms with Gasteiger partial charge in [-0.05, 0) is 45.4 Å². The van der Waals surface area contributed by atoms with Crippen LogP contribution in [0.25, 0.3) is 0 Å². The molecule has 1 aliphatic heterocycles. The molecule has 0 aromatic heterocycles. The summed E-state index contributed by atoms with van der Waals surface area (Å²) in [6, 6.07) is 7.18. The first-order valence-electron chi connectivity index (χ1n) is 8.76. The number of alkyl carbamates (subject to hydrolysis) is 1. The van der Waals surface area contributed by atoms with Crippen LogP contribution in [0.2, 0.25) is 5.02 Å². The van der Waals surface area contributed by atoms with Crippen LogP contribution in [0.4, 0.5) is 4.79 Å². The van der Waals surface area contributed by atoms with Crippen molar-refractivity contribution in [3.05, 3.63) is 34.9 Å². The van der Waals surface area contributed by atoms with Gasteiger partial charge in [0.05, 0.1) is 18.9 Å². The van der Waals surface area contributed by atoms with E-state index in [0.29, 0.717) is 10.7 Å². The molecule has 1 N–H and O–H groups in total. The monoisotopic (exact) mass is 396 g/mol. The molecule has 8 heteroatoms. The molecular formula is C19H25ClN2O5. The number of hydrogen-bond acceptors (Lipinski definition) is 6. The lowest BCUT2D eigenvalue weighted by Gasteiger charge is -2.24. The number of oxime groups is 1. The molecule has 1 heterocycles. The van der Waals surface area contributed by atoms with E-state index in [1.165, 1.54) is 0 Å². The van der Waals surface area contributed by atoms with E-state index in [9.17, 15) is 9.59 Å². The molecule has 0 saturated carbocycles. The quantitative estimate of drug-likeness (QED) is 0.744. The lowest BCUT2D eigenvalue weighted by atomic mass is 9.89. The van der Waals surface area contributed by atoms with Gasteiger partial charge in [-0.2, -0.15) is 0 Å². The first-order valence-corrected chi connectivity index (χ1v) is 9.14. The number of ether oxygens (including phenoxy) is 2. The molecule has 148 valence electrons. The fraction of sp³-hybridized carbons (Fsp3) is 0.526. The largest absolute Gasteiger partial charge is 0.463 e. The molecule has 1 aromatic rings. The van der Waals surface area contributed by atoms with E-state index < -0.39 is 23.3 Å².